The highest BCUT2D eigenvalue weighted by atomic mass is 16.2. The summed E-state index contributed by atoms with van der Waals surface area (Å²) in [5.74, 6) is 1.29. The Labute approximate surface area is 196 Å². The van der Waals surface area contributed by atoms with Crippen LogP contribution in [0.5, 0.6) is 0 Å². The Bertz CT molecular complexity index is 935. The van der Waals surface area contributed by atoms with Crippen LogP contribution in [0, 0.1) is 17.2 Å². The van der Waals surface area contributed by atoms with Crippen LogP contribution >= 0.6 is 0 Å². The quantitative estimate of drug-likeness (QED) is 0.733. The van der Waals surface area contributed by atoms with Crippen LogP contribution < -0.4 is 10.2 Å². The summed E-state index contributed by atoms with van der Waals surface area (Å²) in [6, 6.07) is 12.8. The number of piperidine rings is 1. The lowest BCUT2D eigenvalue weighted by molar-refractivity contribution is 0.162. The number of carbonyl (C=O) groups is 1. The number of nitrogens with zero attached hydrogens (tertiary/aromatic N) is 6. The predicted octanol–water partition coefficient (Wildman–Crippen LogP) is 2.87. The molecule has 2 amide bonds. The number of urea groups is 1. The van der Waals surface area contributed by atoms with Gasteiger partial charge in [0.05, 0.1) is 18.0 Å². The van der Waals surface area contributed by atoms with E-state index in [2.05, 4.69) is 62.3 Å². The molecule has 1 N–H and O–H groups in total. The molecule has 4 rings (SSSR count). The van der Waals surface area contributed by atoms with E-state index < -0.39 is 0 Å². The Morgan fingerprint density at radius 2 is 1.85 bits per heavy atom. The number of hydrogen-bond acceptors (Lipinski definition) is 6. The minimum atomic E-state index is 0.0180. The average molecular weight is 448 g/mol. The molecule has 0 unspecified atom stereocenters. The second kappa shape index (κ2) is 11.1. The summed E-state index contributed by atoms with van der Waals surface area (Å²) in [5.41, 5.74) is 1.83. The molecule has 33 heavy (non-hydrogen) atoms. The molecule has 2 aromatic rings. The van der Waals surface area contributed by atoms with Crippen molar-refractivity contribution in [1.29, 1.82) is 5.26 Å². The van der Waals surface area contributed by atoms with E-state index in [1.54, 1.807) is 0 Å². The van der Waals surface area contributed by atoms with Crippen molar-refractivity contribution in [2.24, 2.45) is 5.92 Å². The molecule has 2 aliphatic heterocycles. The van der Waals surface area contributed by atoms with E-state index in [1.165, 1.54) is 30.8 Å². The standard InChI is InChI=1S/C25H33N7O/c1-20-18-31(24-28-16-23(15-26)17-29-24)13-14-32(20)25(33)27-10-7-21-8-11-30(12-9-21)19-22-5-3-2-4-6-22/h2-6,16-17,20-21H,7-14,18-19H2,1H3,(H,27,33)/t20-/m1/s1. The third-order valence-electron chi connectivity index (χ3n) is 6.72. The number of likely N-dealkylation sites (tertiary alicyclic amines) is 1. The molecule has 0 radical (unpaired) electrons. The van der Waals surface area contributed by atoms with E-state index in [4.69, 9.17) is 5.26 Å². The fraction of sp³-hybridized carbons (Fsp3) is 0.520. The number of carbonyl (C=O) groups excluding carboxylic acids is 1. The fourth-order valence-corrected chi connectivity index (χ4v) is 4.74. The van der Waals surface area contributed by atoms with E-state index in [0.717, 1.165) is 32.6 Å². The van der Waals surface area contributed by atoms with Crippen LogP contribution in [0.15, 0.2) is 42.7 Å². The van der Waals surface area contributed by atoms with Gasteiger partial charge in [-0.3, -0.25) is 4.90 Å². The second-order valence-electron chi connectivity index (χ2n) is 9.10. The van der Waals surface area contributed by atoms with Crippen LogP contribution in [0.2, 0.25) is 0 Å². The second-order valence-corrected chi connectivity index (χ2v) is 9.10. The zero-order valence-corrected chi connectivity index (χ0v) is 19.4. The molecule has 3 heterocycles. The zero-order chi connectivity index (χ0) is 23.0. The van der Waals surface area contributed by atoms with E-state index in [0.29, 0.717) is 37.1 Å². The van der Waals surface area contributed by atoms with Gasteiger partial charge in [0.1, 0.15) is 6.07 Å². The van der Waals surface area contributed by atoms with Crippen LogP contribution in [0.1, 0.15) is 37.3 Å². The minimum Gasteiger partial charge on any atom is -0.338 e. The molecule has 8 nitrogen and oxygen atoms in total. The molecule has 1 aromatic heterocycles. The molecule has 0 spiro atoms. The predicted molar refractivity (Wildman–Crippen MR) is 128 cm³/mol. The molecular weight excluding hydrogens is 414 g/mol. The highest BCUT2D eigenvalue weighted by molar-refractivity contribution is 5.74. The molecule has 8 heteroatoms. The molecule has 174 valence electrons. The van der Waals surface area contributed by atoms with Gasteiger partial charge in [0.15, 0.2) is 0 Å². The number of amides is 2. The van der Waals surface area contributed by atoms with Crippen molar-refractivity contribution in [3.8, 4) is 6.07 Å². The first-order chi connectivity index (χ1) is 16.1. The van der Waals surface area contributed by atoms with Crippen molar-refractivity contribution < 1.29 is 4.79 Å². The summed E-state index contributed by atoms with van der Waals surface area (Å²) >= 11 is 0. The Morgan fingerprint density at radius 3 is 2.52 bits per heavy atom. The zero-order valence-electron chi connectivity index (χ0n) is 19.4. The van der Waals surface area contributed by atoms with E-state index in [9.17, 15) is 4.79 Å². The van der Waals surface area contributed by atoms with Gasteiger partial charge < -0.3 is 15.1 Å². The van der Waals surface area contributed by atoms with Crippen molar-refractivity contribution >= 4 is 12.0 Å². The van der Waals surface area contributed by atoms with Crippen molar-refractivity contribution in [3.63, 3.8) is 0 Å². The molecule has 2 saturated heterocycles. The minimum absolute atomic E-state index is 0.0180. The van der Waals surface area contributed by atoms with Gasteiger partial charge in [-0.05, 0) is 50.8 Å². The summed E-state index contributed by atoms with van der Waals surface area (Å²) in [5, 5.41) is 12.0. The normalized spacial score (nSPS) is 19.8. The number of nitrogens with one attached hydrogen (secondary N) is 1. The van der Waals surface area contributed by atoms with Gasteiger partial charge in [-0.1, -0.05) is 30.3 Å². The lowest BCUT2D eigenvalue weighted by atomic mass is 9.93. The topological polar surface area (TPSA) is 88.4 Å². The number of piperazine rings is 1. The van der Waals surface area contributed by atoms with Gasteiger partial charge in [-0.25, -0.2) is 14.8 Å². The van der Waals surface area contributed by atoms with Crippen LogP contribution in [-0.2, 0) is 6.54 Å². The Balaban J connectivity index is 1.15. The van der Waals surface area contributed by atoms with Gasteiger partial charge in [0.2, 0.25) is 5.95 Å². The number of nitriles is 1. The van der Waals surface area contributed by atoms with Crippen LogP contribution in [0.3, 0.4) is 0 Å². The molecular formula is C25H33N7O. The maximum atomic E-state index is 12.8. The molecule has 1 aromatic carbocycles. The summed E-state index contributed by atoms with van der Waals surface area (Å²) in [4.78, 5) is 27.8. The van der Waals surface area contributed by atoms with E-state index >= 15 is 0 Å². The van der Waals surface area contributed by atoms with Gasteiger partial charge >= 0.3 is 6.03 Å². The van der Waals surface area contributed by atoms with Crippen LogP contribution in [0.4, 0.5) is 10.7 Å². The largest absolute Gasteiger partial charge is 0.338 e. The monoisotopic (exact) mass is 447 g/mol. The fourth-order valence-electron chi connectivity index (χ4n) is 4.74. The molecule has 1 atom stereocenters. The molecule has 2 fully saturated rings. The highest BCUT2D eigenvalue weighted by Crippen LogP contribution is 2.22. The number of hydrogen-bond donors (Lipinski definition) is 1. The molecule has 0 saturated carbocycles. The maximum Gasteiger partial charge on any atom is 0.317 e. The van der Waals surface area contributed by atoms with E-state index in [-0.39, 0.29) is 12.1 Å². The van der Waals surface area contributed by atoms with Crippen LogP contribution in [-0.4, -0.2) is 71.1 Å². The van der Waals surface area contributed by atoms with Gasteiger partial charge in [-0.2, -0.15) is 5.26 Å². The Kier molecular flexibility index (Phi) is 7.74. The summed E-state index contributed by atoms with van der Waals surface area (Å²) in [7, 11) is 0. The summed E-state index contributed by atoms with van der Waals surface area (Å²) in [6.07, 6.45) is 6.51. The van der Waals surface area contributed by atoms with Crippen molar-refractivity contribution in [2.45, 2.75) is 38.8 Å². The number of benzene rings is 1. The maximum absolute atomic E-state index is 12.8. The Hall–Kier alpha value is -3.18. The third-order valence-corrected chi connectivity index (χ3v) is 6.72. The summed E-state index contributed by atoms with van der Waals surface area (Å²) in [6.45, 7) is 8.07. The summed E-state index contributed by atoms with van der Waals surface area (Å²) < 4.78 is 0. The molecule has 0 bridgehead atoms. The SMILES string of the molecule is C[C@@H]1CN(c2ncc(C#N)cn2)CCN1C(=O)NCCC1CCN(Cc2ccccc2)CC1. The van der Waals surface area contributed by atoms with Gasteiger partial charge in [0, 0.05) is 38.8 Å². The van der Waals surface area contributed by atoms with Crippen molar-refractivity contribution in [1.82, 2.24) is 25.1 Å². The average Bonchev–Trinajstić information content (AvgIpc) is 2.85. The Morgan fingerprint density at radius 1 is 1.12 bits per heavy atom. The first kappa shape index (κ1) is 23.0. The lowest BCUT2D eigenvalue weighted by Gasteiger charge is -2.39. The lowest BCUT2D eigenvalue weighted by Crippen LogP contribution is -2.57. The number of rotatable bonds is 6. The van der Waals surface area contributed by atoms with Gasteiger partial charge in [-0.15, -0.1) is 0 Å². The smallest absolute Gasteiger partial charge is 0.317 e. The molecule has 2 aliphatic rings. The number of aromatic nitrogens is 2. The van der Waals surface area contributed by atoms with Crippen molar-refractivity contribution in [2.75, 3.05) is 44.2 Å². The number of anilines is 1. The highest BCUT2D eigenvalue weighted by Gasteiger charge is 2.28. The first-order valence-electron chi connectivity index (χ1n) is 11.9. The van der Waals surface area contributed by atoms with Crippen LogP contribution in [0.25, 0.3) is 0 Å². The van der Waals surface area contributed by atoms with E-state index in [1.807, 2.05) is 11.0 Å². The molecule has 0 aliphatic carbocycles. The van der Waals surface area contributed by atoms with Crippen molar-refractivity contribution in [3.05, 3.63) is 53.9 Å². The van der Waals surface area contributed by atoms with Gasteiger partial charge in [0.25, 0.3) is 0 Å². The third kappa shape index (κ3) is 6.20. The first-order valence-corrected chi connectivity index (χ1v) is 11.9.